The van der Waals surface area contributed by atoms with Crippen LogP contribution in [0.5, 0.6) is 11.5 Å². The van der Waals surface area contributed by atoms with Gasteiger partial charge in [0.25, 0.3) is 11.7 Å². The number of nitrogens with one attached hydrogen (secondary N) is 2. The topological polar surface area (TPSA) is 118 Å². The van der Waals surface area contributed by atoms with E-state index in [1.54, 1.807) is 18.2 Å². The molecular weight excluding hydrogens is 406 g/mol. The summed E-state index contributed by atoms with van der Waals surface area (Å²) in [6.07, 6.45) is 3.92. The van der Waals surface area contributed by atoms with Gasteiger partial charge in [0.1, 0.15) is 0 Å². The van der Waals surface area contributed by atoms with E-state index in [1.807, 2.05) is 6.07 Å². The van der Waals surface area contributed by atoms with Gasteiger partial charge in [-0.3, -0.25) is 4.79 Å². The number of carbonyl (C=O) groups excluding carboxylic acids is 1. The van der Waals surface area contributed by atoms with E-state index in [0.717, 1.165) is 25.7 Å². The summed E-state index contributed by atoms with van der Waals surface area (Å²) in [6.45, 7) is 0.0342. The molecule has 1 aliphatic carbocycles. The van der Waals surface area contributed by atoms with Gasteiger partial charge in [0, 0.05) is 43.1 Å². The number of amides is 1. The van der Waals surface area contributed by atoms with E-state index in [1.165, 1.54) is 24.3 Å². The third kappa shape index (κ3) is 4.10. The van der Waals surface area contributed by atoms with Gasteiger partial charge >= 0.3 is 0 Å². The van der Waals surface area contributed by atoms with E-state index in [4.69, 9.17) is 14.7 Å². The fraction of sp³-hybridized carbons (Fsp3) is 0.333. The predicted molar refractivity (Wildman–Crippen MR) is 109 cm³/mol. The van der Waals surface area contributed by atoms with Crippen molar-refractivity contribution >= 4 is 21.6 Å². The summed E-state index contributed by atoms with van der Waals surface area (Å²) in [6, 6.07) is 12.7. The highest BCUT2D eigenvalue weighted by molar-refractivity contribution is 7.89. The SMILES string of the molecule is N#CCCNS(=O)(=O)c1ccc(C(=O)Nc2ccc3c(c2)OC2(CCCC2)O3)cc1. The third-order valence-corrected chi connectivity index (χ3v) is 6.59. The fourth-order valence-corrected chi connectivity index (χ4v) is 4.63. The minimum absolute atomic E-state index is 0.0296. The molecule has 0 aromatic heterocycles. The normalized spacial score (nSPS) is 16.4. The molecule has 8 nitrogen and oxygen atoms in total. The number of nitrogens with zero attached hydrogens (tertiary/aromatic N) is 1. The first-order valence-corrected chi connectivity index (χ1v) is 11.2. The van der Waals surface area contributed by atoms with E-state index >= 15 is 0 Å². The lowest BCUT2D eigenvalue weighted by Crippen LogP contribution is -2.34. The maximum Gasteiger partial charge on any atom is 0.255 e. The van der Waals surface area contributed by atoms with Crippen LogP contribution in [-0.2, 0) is 10.0 Å². The molecule has 1 heterocycles. The van der Waals surface area contributed by atoms with Crippen molar-refractivity contribution in [3.05, 3.63) is 48.0 Å². The van der Waals surface area contributed by atoms with Gasteiger partial charge in [-0.1, -0.05) is 0 Å². The highest BCUT2D eigenvalue weighted by Crippen LogP contribution is 2.47. The summed E-state index contributed by atoms with van der Waals surface area (Å²) in [7, 11) is -3.72. The minimum atomic E-state index is -3.72. The maximum absolute atomic E-state index is 12.6. The van der Waals surface area contributed by atoms with Crippen LogP contribution in [0.4, 0.5) is 5.69 Å². The van der Waals surface area contributed by atoms with Crippen LogP contribution in [0.15, 0.2) is 47.4 Å². The number of hydrogen-bond donors (Lipinski definition) is 2. The second kappa shape index (κ2) is 7.97. The van der Waals surface area contributed by atoms with Crippen LogP contribution in [0, 0.1) is 11.3 Å². The first-order chi connectivity index (χ1) is 14.4. The zero-order chi connectivity index (χ0) is 21.2. The van der Waals surface area contributed by atoms with Crippen molar-refractivity contribution in [2.24, 2.45) is 0 Å². The molecule has 0 bridgehead atoms. The van der Waals surface area contributed by atoms with Crippen molar-refractivity contribution < 1.29 is 22.7 Å². The van der Waals surface area contributed by atoms with E-state index < -0.39 is 15.8 Å². The number of nitriles is 1. The second-order valence-electron chi connectivity index (χ2n) is 7.27. The molecule has 9 heteroatoms. The molecule has 1 spiro atoms. The smallest absolute Gasteiger partial charge is 0.255 e. The molecule has 1 saturated carbocycles. The Morgan fingerprint density at radius 2 is 1.77 bits per heavy atom. The molecule has 0 atom stereocenters. The molecular formula is C21H21N3O5S. The Bertz CT molecular complexity index is 1100. The van der Waals surface area contributed by atoms with Gasteiger partial charge in [-0.25, -0.2) is 13.1 Å². The van der Waals surface area contributed by atoms with Crippen LogP contribution < -0.4 is 19.5 Å². The van der Waals surface area contributed by atoms with E-state index in [0.29, 0.717) is 22.7 Å². The largest absolute Gasteiger partial charge is 0.448 e. The van der Waals surface area contributed by atoms with Crippen molar-refractivity contribution in [1.29, 1.82) is 5.26 Å². The second-order valence-corrected chi connectivity index (χ2v) is 9.03. The van der Waals surface area contributed by atoms with Crippen molar-refractivity contribution in [3.8, 4) is 17.6 Å². The van der Waals surface area contributed by atoms with Crippen LogP contribution in [0.1, 0.15) is 42.5 Å². The van der Waals surface area contributed by atoms with Crippen molar-refractivity contribution in [1.82, 2.24) is 4.72 Å². The third-order valence-electron chi connectivity index (χ3n) is 5.11. The molecule has 0 radical (unpaired) electrons. The van der Waals surface area contributed by atoms with Gasteiger partial charge in [-0.05, 0) is 49.2 Å². The maximum atomic E-state index is 12.6. The summed E-state index contributed by atoms with van der Waals surface area (Å²) in [4.78, 5) is 12.6. The number of hydrogen-bond acceptors (Lipinski definition) is 6. The Hall–Kier alpha value is -3.09. The van der Waals surface area contributed by atoms with Crippen molar-refractivity contribution in [2.75, 3.05) is 11.9 Å². The highest BCUT2D eigenvalue weighted by Gasteiger charge is 2.44. The van der Waals surface area contributed by atoms with Crippen LogP contribution in [0.3, 0.4) is 0 Å². The Labute approximate surface area is 174 Å². The molecule has 2 N–H and O–H groups in total. The molecule has 4 rings (SSSR count). The van der Waals surface area contributed by atoms with Gasteiger partial charge in [-0.2, -0.15) is 5.26 Å². The van der Waals surface area contributed by atoms with Gasteiger partial charge in [0.15, 0.2) is 11.5 Å². The monoisotopic (exact) mass is 427 g/mol. The van der Waals surface area contributed by atoms with E-state index in [9.17, 15) is 13.2 Å². The summed E-state index contributed by atoms with van der Waals surface area (Å²) < 4.78 is 38.6. The predicted octanol–water partition coefficient (Wildman–Crippen LogP) is 3.17. The Balaban J connectivity index is 1.42. The number of rotatable bonds is 6. The molecule has 2 aromatic rings. The number of ether oxygens (including phenoxy) is 2. The Morgan fingerprint density at radius 1 is 1.07 bits per heavy atom. The highest BCUT2D eigenvalue weighted by atomic mass is 32.2. The number of carbonyl (C=O) groups is 1. The van der Waals surface area contributed by atoms with Crippen LogP contribution in [0.25, 0.3) is 0 Å². The standard InChI is InChI=1S/C21H21N3O5S/c22-12-3-13-23-30(26,27)17-7-4-15(5-8-17)20(25)24-16-6-9-18-19(14-16)29-21(28-18)10-1-2-11-21/h4-9,14,23H,1-3,10-11,13H2,(H,24,25). The van der Waals surface area contributed by atoms with E-state index in [-0.39, 0.29) is 23.8 Å². The summed E-state index contributed by atoms with van der Waals surface area (Å²) in [5.74, 6) is 0.354. The summed E-state index contributed by atoms with van der Waals surface area (Å²) >= 11 is 0. The molecule has 2 aromatic carbocycles. The van der Waals surface area contributed by atoms with Gasteiger partial charge in [-0.15, -0.1) is 0 Å². The molecule has 30 heavy (non-hydrogen) atoms. The lowest BCUT2D eigenvalue weighted by atomic mass is 10.2. The molecule has 0 unspecified atom stereocenters. The van der Waals surface area contributed by atoms with Gasteiger partial charge in [0.2, 0.25) is 10.0 Å². The Kier molecular flexibility index (Phi) is 5.37. The molecule has 1 amide bonds. The number of benzene rings is 2. The molecule has 2 aliphatic rings. The lowest BCUT2D eigenvalue weighted by Gasteiger charge is -2.21. The summed E-state index contributed by atoms with van der Waals surface area (Å²) in [5.41, 5.74) is 0.878. The average molecular weight is 427 g/mol. The average Bonchev–Trinajstić information content (AvgIpc) is 3.33. The zero-order valence-electron chi connectivity index (χ0n) is 16.2. The number of sulfonamides is 1. The van der Waals surface area contributed by atoms with Crippen molar-refractivity contribution in [3.63, 3.8) is 0 Å². The number of fused-ring (bicyclic) bond motifs is 1. The minimum Gasteiger partial charge on any atom is -0.448 e. The van der Waals surface area contributed by atoms with Gasteiger partial charge in [0.05, 0.1) is 11.0 Å². The zero-order valence-corrected chi connectivity index (χ0v) is 17.0. The molecule has 1 aliphatic heterocycles. The fourth-order valence-electron chi connectivity index (χ4n) is 3.60. The van der Waals surface area contributed by atoms with Crippen molar-refractivity contribution in [2.45, 2.75) is 42.8 Å². The quantitative estimate of drug-likeness (QED) is 0.684. The van der Waals surface area contributed by atoms with Crippen LogP contribution >= 0.6 is 0 Å². The van der Waals surface area contributed by atoms with Crippen LogP contribution in [0.2, 0.25) is 0 Å². The van der Waals surface area contributed by atoms with E-state index in [2.05, 4.69) is 10.0 Å². The summed E-state index contributed by atoms with van der Waals surface area (Å²) in [5, 5.41) is 11.3. The number of anilines is 1. The van der Waals surface area contributed by atoms with Crippen LogP contribution in [-0.4, -0.2) is 26.7 Å². The first-order valence-electron chi connectivity index (χ1n) is 9.71. The Morgan fingerprint density at radius 3 is 2.47 bits per heavy atom. The lowest BCUT2D eigenvalue weighted by molar-refractivity contribution is -0.0716. The molecule has 0 saturated heterocycles. The molecule has 156 valence electrons. The van der Waals surface area contributed by atoms with Gasteiger partial charge < -0.3 is 14.8 Å². The first kappa shape index (κ1) is 20.2. The molecule has 1 fully saturated rings.